The molecule has 0 spiro atoms. The number of hydrogen-bond donors (Lipinski definition) is 2. The molecule has 0 bridgehead atoms. The molecular formula is C20H29N3O2. The number of amides is 2. The molecule has 0 radical (unpaired) electrons. The summed E-state index contributed by atoms with van der Waals surface area (Å²) in [5.74, 6) is 1.09. The maximum absolute atomic E-state index is 12.0. The molecule has 2 aliphatic rings. The number of likely N-dealkylation sites (tertiary alicyclic amines) is 1. The number of carbonyl (C=O) groups excluding carboxylic acids is 2. The zero-order chi connectivity index (χ0) is 17.5. The molecule has 2 aliphatic heterocycles. The third-order valence-electron chi connectivity index (χ3n) is 5.30. The van der Waals surface area contributed by atoms with Crippen LogP contribution in [0.15, 0.2) is 24.3 Å². The topological polar surface area (TPSA) is 61.4 Å². The van der Waals surface area contributed by atoms with Gasteiger partial charge in [0.15, 0.2) is 0 Å². The first-order valence-corrected chi connectivity index (χ1v) is 9.54. The van der Waals surface area contributed by atoms with Crippen LogP contribution in [0.2, 0.25) is 0 Å². The van der Waals surface area contributed by atoms with Crippen molar-refractivity contribution >= 4 is 11.8 Å². The molecule has 1 aromatic carbocycles. The quantitative estimate of drug-likeness (QED) is 0.798. The van der Waals surface area contributed by atoms with E-state index < -0.39 is 0 Å². The van der Waals surface area contributed by atoms with Crippen molar-refractivity contribution in [3.63, 3.8) is 0 Å². The number of benzene rings is 1. The minimum Gasteiger partial charge on any atom is -0.352 e. The van der Waals surface area contributed by atoms with E-state index in [-0.39, 0.29) is 11.8 Å². The molecule has 0 aliphatic carbocycles. The highest BCUT2D eigenvalue weighted by molar-refractivity contribution is 5.78. The Bertz CT molecular complexity index is 579. The SMILES string of the molecule is O=C(CCC1CCNCC1)NCc1ccc(CN2CCCC2=O)cc1. The number of rotatable bonds is 7. The second-order valence-corrected chi connectivity index (χ2v) is 7.24. The van der Waals surface area contributed by atoms with E-state index in [1.165, 1.54) is 12.8 Å². The zero-order valence-corrected chi connectivity index (χ0v) is 14.9. The van der Waals surface area contributed by atoms with Crippen LogP contribution in [0.4, 0.5) is 0 Å². The zero-order valence-electron chi connectivity index (χ0n) is 14.9. The van der Waals surface area contributed by atoms with Crippen LogP contribution in [-0.2, 0) is 22.7 Å². The van der Waals surface area contributed by atoms with Crippen LogP contribution in [0.3, 0.4) is 0 Å². The normalized spacial score (nSPS) is 18.6. The van der Waals surface area contributed by atoms with Crippen molar-refractivity contribution < 1.29 is 9.59 Å². The summed E-state index contributed by atoms with van der Waals surface area (Å²) in [4.78, 5) is 25.6. The van der Waals surface area contributed by atoms with Gasteiger partial charge in [0.1, 0.15) is 0 Å². The lowest BCUT2D eigenvalue weighted by atomic mass is 9.93. The number of nitrogens with one attached hydrogen (secondary N) is 2. The maximum Gasteiger partial charge on any atom is 0.222 e. The highest BCUT2D eigenvalue weighted by atomic mass is 16.2. The van der Waals surface area contributed by atoms with Gasteiger partial charge in [0.2, 0.25) is 11.8 Å². The number of piperidine rings is 1. The van der Waals surface area contributed by atoms with E-state index in [0.29, 0.717) is 31.8 Å². The van der Waals surface area contributed by atoms with Crippen molar-refractivity contribution in [1.29, 1.82) is 0 Å². The number of carbonyl (C=O) groups is 2. The van der Waals surface area contributed by atoms with Crippen LogP contribution < -0.4 is 10.6 Å². The smallest absolute Gasteiger partial charge is 0.222 e. The van der Waals surface area contributed by atoms with Gasteiger partial charge in [-0.1, -0.05) is 24.3 Å². The average molecular weight is 343 g/mol. The molecule has 136 valence electrons. The van der Waals surface area contributed by atoms with Crippen LogP contribution >= 0.6 is 0 Å². The predicted molar refractivity (Wildman–Crippen MR) is 97.8 cm³/mol. The molecule has 3 rings (SSSR count). The van der Waals surface area contributed by atoms with Crippen LogP contribution in [0.1, 0.15) is 49.7 Å². The van der Waals surface area contributed by atoms with Crippen molar-refractivity contribution in [1.82, 2.24) is 15.5 Å². The molecule has 5 nitrogen and oxygen atoms in total. The lowest BCUT2D eigenvalue weighted by Crippen LogP contribution is -2.29. The van der Waals surface area contributed by atoms with Gasteiger partial charge in [-0.15, -0.1) is 0 Å². The predicted octanol–water partition coefficient (Wildman–Crippen LogP) is 2.21. The van der Waals surface area contributed by atoms with E-state index in [2.05, 4.69) is 22.8 Å². The third kappa shape index (κ3) is 5.56. The van der Waals surface area contributed by atoms with Gasteiger partial charge in [-0.2, -0.15) is 0 Å². The van der Waals surface area contributed by atoms with Crippen molar-refractivity contribution in [2.24, 2.45) is 5.92 Å². The molecule has 2 heterocycles. The molecule has 2 amide bonds. The minimum atomic E-state index is 0.144. The summed E-state index contributed by atoms with van der Waals surface area (Å²) in [7, 11) is 0. The Balaban J connectivity index is 1.37. The van der Waals surface area contributed by atoms with Crippen molar-refractivity contribution in [3.8, 4) is 0 Å². The van der Waals surface area contributed by atoms with E-state index in [9.17, 15) is 9.59 Å². The molecule has 5 heteroatoms. The lowest BCUT2D eigenvalue weighted by molar-refractivity contribution is -0.128. The van der Waals surface area contributed by atoms with E-state index >= 15 is 0 Å². The molecule has 0 unspecified atom stereocenters. The summed E-state index contributed by atoms with van der Waals surface area (Å²) in [5, 5.41) is 6.38. The number of nitrogens with zero attached hydrogens (tertiary/aromatic N) is 1. The lowest BCUT2D eigenvalue weighted by Gasteiger charge is -2.22. The van der Waals surface area contributed by atoms with Gasteiger partial charge in [-0.25, -0.2) is 0 Å². The molecule has 0 atom stereocenters. The fourth-order valence-electron chi connectivity index (χ4n) is 3.65. The summed E-state index contributed by atoms with van der Waals surface area (Å²) >= 11 is 0. The summed E-state index contributed by atoms with van der Waals surface area (Å²) < 4.78 is 0. The molecule has 25 heavy (non-hydrogen) atoms. The van der Waals surface area contributed by atoms with Crippen molar-refractivity contribution in [2.45, 2.75) is 51.6 Å². The third-order valence-corrected chi connectivity index (χ3v) is 5.30. The molecule has 0 aromatic heterocycles. The second-order valence-electron chi connectivity index (χ2n) is 7.24. The Morgan fingerprint density at radius 1 is 1.16 bits per heavy atom. The van der Waals surface area contributed by atoms with Gasteiger partial charge < -0.3 is 15.5 Å². The molecule has 1 aromatic rings. The number of hydrogen-bond acceptors (Lipinski definition) is 3. The van der Waals surface area contributed by atoms with Gasteiger partial charge in [-0.05, 0) is 55.8 Å². The van der Waals surface area contributed by atoms with Crippen molar-refractivity contribution in [3.05, 3.63) is 35.4 Å². The van der Waals surface area contributed by atoms with Crippen LogP contribution in [0, 0.1) is 5.92 Å². The average Bonchev–Trinajstić information content (AvgIpc) is 3.05. The first kappa shape index (κ1) is 17.9. The van der Waals surface area contributed by atoms with Crippen molar-refractivity contribution in [2.75, 3.05) is 19.6 Å². The Morgan fingerprint density at radius 2 is 1.88 bits per heavy atom. The van der Waals surface area contributed by atoms with Gasteiger partial charge >= 0.3 is 0 Å². The van der Waals surface area contributed by atoms with Crippen LogP contribution in [0.25, 0.3) is 0 Å². The van der Waals surface area contributed by atoms with E-state index in [4.69, 9.17) is 0 Å². The monoisotopic (exact) mass is 343 g/mol. The Morgan fingerprint density at radius 3 is 2.56 bits per heavy atom. The molecule has 0 saturated carbocycles. The van der Waals surface area contributed by atoms with Gasteiger partial charge in [0.05, 0.1) is 0 Å². The van der Waals surface area contributed by atoms with Crippen LogP contribution in [0.5, 0.6) is 0 Å². The Kier molecular flexibility index (Phi) is 6.45. The van der Waals surface area contributed by atoms with Crippen LogP contribution in [-0.4, -0.2) is 36.3 Å². The van der Waals surface area contributed by atoms with E-state index in [1.54, 1.807) is 0 Å². The maximum atomic E-state index is 12.0. The highest BCUT2D eigenvalue weighted by Crippen LogP contribution is 2.18. The molecule has 2 N–H and O–H groups in total. The van der Waals surface area contributed by atoms with Gasteiger partial charge in [0.25, 0.3) is 0 Å². The first-order valence-electron chi connectivity index (χ1n) is 9.54. The van der Waals surface area contributed by atoms with E-state index in [1.807, 2.05) is 17.0 Å². The Hall–Kier alpha value is -1.88. The standard InChI is InChI=1S/C20H29N3O2/c24-19(8-7-16-9-11-21-12-10-16)22-14-17-3-5-18(6-4-17)15-23-13-1-2-20(23)25/h3-6,16,21H,1-2,7-15H2,(H,22,24). The fourth-order valence-corrected chi connectivity index (χ4v) is 3.65. The Labute approximate surface area is 150 Å². The molecule has 2 saturated heterocycles. The highest BCUT2D eigenvalue weighted by Gasteiger charge is 2.19. The molecular weight excluding hydrogens is 314 g/mol. The summed E-state index contributed by atoms with van der Waals surface area (Å²) in [5.41, 5.74) is 2.25. The summed E-state index contributed by atoms with van der Waals surface area (Å²) in [6.45, 7) is 4.31. The largest absolute Gasteiger partial charge is 0.352 e. The molecule has 2 fully saturated rings. The second kappa shape index (κ2) is 8.99. The van der Waals surface area contributed by atoms with E-state index in [0.717, 1.165) is 43.6 Å². The summed E-state index contributed by atoms with van der Waals surface area (Å²) in [6, 6.07) is 8.20. The van der Waals surface area contributed by atoms with Gasteiger partial charge in [-0.3, -0.25) is 9.59 Å². The summed E-state index contributed by atoms with van der Waals surface area (Å²) in [6.07, 6.45) is 5.65. The first-order chi connectivity index (χ1) is 12.2. The van der Waals surface area contributed by atoms with Gasteiger partial charge in [0, 0.05) is 32.5 Å². The fraction of sp³-hybridized carbons (Fsp3) is 0.600. The minimum absolute atomic E-state index is 0.144.